The Bertz CT molecular complexity index is 763. The second-order valence-electron chi connectivity index (χ2n) is 6.00. The number of amides is 1. The summed E-state index contributed by atoms with van der Waals surface area (Å²) in [5.41, 5.74) is 1.44. The molecular weight excluding hydrogens is 325 g/mol. The van der Waals surface area contributed by atoms with Crippen molar-refractivity contribution < 1.29 is 24.1 Å². The van der Waals surface area contributed by atoms with Gasteiger partial charge in [0, 0.05) is 17.7 Å². The number of hydrogen-bond donors (Lipinski definition) is 2. The van der Waals surface area contributed by atoms with Gasteiger partial charge in [0.1, 0.15) is 11.6 Å². The molecule has 2 aromatic rings. The van der Waals surface area contributed by atoms with Crippen molar-refractivity contribution in [1.82, 2.24) is 4.90 Å². The molecule has 2 aromatic carbocycles. The van der Waals surface area contributed by atoms with Gasteiger partial charge in [-0.1, -0.05) is 12.1 Å². The molecule has 1 aliphatic heterocycles. The first kappa shape index (κ1) is 17.4. The molecular formula is C19H20FNO4. The van der Waals surface area contributed by atoms with Crippen molar-refractivity contribution in [2.45, 2.75) is 19.1 Å². The van der Waals surface area contributed by atoms with Crippen molar-refractivity contribution in [3.63, 3.8) is 0 Å². The van der Waals surface area contributed by atoms with Crippen LogP contribution in [-0.2, 0) is 4.74 Å². The maximum Gasteiger partial charge on any atom is 0.254 e. The van der Waals surface area contributed by atoms with Crippen molar-refractivity contribution in [3.8, 4) is 16.9 Å². The van der Waals surface area contributed by atoms with E-state index < -0.39 is 11.9 Å². The topological polar surface area (TPSA) is 70.0 Å². The van der Waals surface area contributed by atoms with Crippen LogP contribution in [0, 0.1) is 5.82 Å². The minimum atomic E-state index is -0.688. The quantitative estimate of drug-likeness (QED) is 0.893. The Morgan fingerprint density at radius 3 is 2.56 bits per heavy atom. The number of nitrogens with zero attached hydrogens (tertiary/aromatic N) is 1. The van der Waals surface area contributed by atoms with E-state index in [1.165, 1.54) is 18.2 Å². The number of carbonyl (C=O) groups excluding carboxylic acids is 1. The summed E-state index contributed by atoms with van der Waals surface area (Å²) in [7, 11) is 0. The summed E-state index contributed by atoms with van der Waals surface area (Å²) in [4.78, 5) is 14.3. The molecule has 0 aromatic heterocycles. The summed E-state index contributed by atoms with van der Waals surface area (Å²) in [6, 6.07) is 9.96. The normalized spacial score (nSPS) is 19.8. The van der Waals surface area contributed by atoms with Crippen molar-refractivity contribution in [1.29, 1.82) is 0 Å². The zero-order chi connectivity index (χ0) is 18.0. The first-order valence-corrected chi connectivity index (χ1v) is 8.17. The number of benzene rings is 2. The average molecular weight is 345 g/mol. The number of phenolic OH excluding ortho intramolecular Hbond substituents is 1. The van der Waals surface area contributed by atoms with Crippen LogP contribution >= 0.6 is 0 Å². The summed E-state index contributed by atoms with van der Waals surface area (Å²) >= 11 is 0. The summed E-state index contributed by atoms with van der Waals surface area (Å²) in [5, 5.41) is 19.8. The van der Waals surface area contributed by atoms with Crippen molar-refractivity contribution in [2.24, 2.45) is 0 Å². The van der Waals surface area contributed by atoms with Crippen LogP contribution in [0.15, 0.2) is 42.5 Å². The molecule has 1 saturated heterocycles. The fourth-order valence-corrected chi connectivity index (χ4v) is 3.06. The Balaban J connectivity index is 1.84. The van der Waals surface area contributed by atoms with Gasteiger partial charge in [-0.3, -0.25) is 4.79 Å². The van der Waals surface area contributed by atoms with Gasteiger partial charge < -0.3 is 19.8 Å². The smallest absolute Gasteiger partial charge is 0.254 e. The Morgan fingerprint density at radius 2 is 1.96 bits per heavy atom. The zero-order valence-electron chi connectivity index (χ0n) is 13.9. The number of aliphatic hydroxyl groups is 1. The first-order valence-electron chi connectivity index (χ1n) is 8.17. The number of rotatable bonds is 4. The van der Waals surface area contributed by atoms with E-state index in [4.69, 9.17) is 4.74 Å². The highest BCUT2D eigenvalue weighted by Gasteiger charge is 2.34. The van der Waals surface area contributed by atoms with Gasteiger partial charge in [-0.2, -0.15) is 0 Å². The summed E-state index contributed by atoms with van der Waals surface area (Å²) < 4.78 is 18.6. The number of phenols is 1. The standard InChI is InChI=1S/C19H20FNO4/c1-2-21(16-10-25-11-18(16)23)19(24)13-5-3-12(4-6-13)15-9-14(20)7-8-17(15)22/h3-9,16,18,22-23H,2,10-11H2,1H3/t16-,18-/m0/s1. The first-order chi connectivity index (χ1) is 12.0. The summed E-state index contributed by atoms with van der Waals surface area (Å²) in [6.45, 7) is 2.85. The monoisotopic (exact) mass is 345 g/mol. The van der Waals surface area contributed by atoms with E-state index in [0.29, 0.717) is 29.8 Å². The molecule has 3 rings (SSSR count). The van der Waals surface area contributed by atoms with Crippen LogP contribution in [-0.4, -0.2) is 52.9 Å². The molecule has 0 radical (unpaired) electrons. The van der Waals surface area contributed by atoms with Gasteiger partial charge in [-0.15, -0.1) is 0 Å². The van der Waals surface area contributed by atoms with Crippen LogP contribution in [0.2, 0.25) is 0 Å². The van der Waals surface area contributed by atoms with E-state index in [2.05, 4.69) is 0 Å². The van der Waals surface area contributed by atoms with Gasteiger partial charge in [0.05, 0.1) is 25.4 Å². The Hall–Kier alpha value is -2.44. The molecule has 6 heteroatoms. The second-order valence-corrected chi connectivity index (χ2v) is 6.00. The molecule has 132 valence electrons. The van der Waals surface area contributed by atoms with Crippen molar-refractivity contribution >= 4 is 5.91 Å². The molecule has 0 saturated carbocycles. The number of halogens is 1. The van der Waals surface area contributed by atoms with Crippen LogP contribution < -0.4 is 0 Å². The molecule has 0 unspecified atom stereocenters. The highest BCUT2D eigenvalue weighted by atomic mass is 19.1. The molecule has 0 spiro atoms. The third kappa shape index (κ3) is 3.50. The molecule has 0 bridgehead atoms. The molecule has 5 nitrogen and oxygen atoms in total. The predicted molar refractivity (Wildman–Crippen MR) is 90.8 cm³/mol. The number of aromatic hydroxyl groups is 1. The van der Waals surface area contributed by atoms with Crippen LogP contribution in [0.4, 0.5) is 4.39 Å². The van der Waals surface area contributed by atoms with Gasteiger partial charge in [0.25, 0.3) is 5.91 Å². The molecule has 1 amide bonds. The number of aliphatic hydroxyl groups excluding tert-OH is 1. The van der Waals surface area contributed by atoms with Crippen molar-refractivity contribution in [2.75, 3.05) is 19.8 Å². The highest BCUT2D eigenvalue weighted by Crippen LogP contribution is 2.30. The Morgan fingerprint density at radius 1 is 1.24 bits per heavy atom. The molecule has 1 fully saturated rings. The maximum atomic E-state index is 13.4. The van der Waals surface area contributed by atoms with E-state index in [-0.39, 0.29) is 24.3 Å². The lowest BCUT2D eigenvalue weighted by atomic mass is 10.0. The van der Waals surface area contributed by atoms with Gasteiger partial charge in [-0.05, 0) is 42.8 Å². The third-order valence-corrected chi connectivity index (χ3v) is 4.42. The highest BCUT2D eigenvalue weighted by molar-refractivity contribution is 5.95. The van der Waals surface area contributed by atoms with E-state index in [9.17, 15) is 19.4 Å². The largest absolute Gasteiger partial charge is 0.507 e. The van der Waals surface area contributed by atoms with Crippen LogP contribution in [0.25, 0.3) is 11.1 Å². The number of likely N-dealkylation sites (N-methyl/N-ethyl adjacent to an activating group) is 1. The average Bonchev–Trinajstić information content (AvgIpc) is 3.04. The van der Waals surface area contributed by atoms with E-state index in [0.717, 1.165) is 0 Å². The van der Waals surface area contributed by atoms with Crippen LogP contribution in [0.1, 0.15) is 17.3 Å². The molecule has 0 aliphatic carbocycles. The minimum absolute atomic E-state index is 0.0260. The third-order valence-electron chi connectivity index (χ3n) is 4.42. The lowest BCUT2D eigenvalue weighted by molar-refractivity contribution is 0.0520. The van der Waals surface area contributed by atoms with Gasteiger partial charge in [0.2, 0.25) is 0 Å². The van der Waals surface area contributed by atoms with Crippen LogP contribution in [0.5, 0.6) is 5.75 Å². The predicted octanol–water partition coefficient (Wildman–Crippen LogP) is 2.42. The maximum absolute atomic E-state index is 13.4. The number of hydrogen-bond acceptors (Lipinski definition) is 4. The second kappa shape index (κ2) is 7.21. The number of carbonyl (C=O) groups is 1. The molecule has 2 N–H and O–H groups in total. The Labute approximate surface area is 145 Å². The fourth-order valence-electron chi connectivity index (χ4n) is 3.06. The zero-order valence-corrected chi connectivity index (χ0v) is 13.9. The summed E-state index contributed by atoms with van der Waals surface area (Å²) in [5.74, 6) is -0.672. The van der Waals surface area contributed by atoms with E-state index in [1.54, 1.807) is 29.2 Å². The lowest BCUT2D eigenvalue weighted by Gasteiger charge is -2.28. The van der Waals surface area contributed by atoms with Crippen LogP contribution in [0.3, 0.4) is 0 Å². The molecule has 25 heavy (non-hydrogen) atoms. The van der Waals surface area contributed by atoms with Gasteiger partial charge in [0.15, 0.2) is 0 Å². The molecule has 1 aliphatic rings. The van der Waals surface area contributed by atoms with E-state index in [1.807, 2.05) is 6.92 Å². The lowest BCUT2D eigenvalue weighted by Crippen LogP contribution is -2.46. The Kier molecular flexibility index (Phi) is 5.01. The van der Waals surface area contributed by atoms with E-state index >= 15 is 0 Å². The molecule has 2 atom stereocenters. The van der Waals surface area contributed by atoms with Gasteiger partial charge >= 0.3 is 0 Å². The summed E-state index contributed by atoms with van der Waals surface area (Å²) in [6.07, 6.45) is -0.688. The number of ether oxygens (including phenoxy) is 1. The van der Waals surface area contributed by atoms with Crippen molar-refractivity contribution in [3.05, 3.63) is 53.8 Å². The molecule has 1 heterocycles. The van der Waals surface area contributed by atoms with Gasteiger partial charge in [-0.25, -0.2) is 4.39 Å². The fraction of sp³-hybridized carbons (Fsp3) is 0.316. The SMILES string of the molecule is CCN(C(=O)c1ccc(-c2cc(F)ccc2O)cc1)[C@H]1COC[C@@H]1O. The minimum Gasteiger partial charge on any atom is -0.507 e.